The van der Waals surface area contributed by atoms with E-state index in [1.165, 1.54) is 199 Å². The normalized spacial score (nSPS) is 14.1. The fraction of sp³-hybridized carbons (Fsp3) is 0.899. The largest absolute Gasteiger partial charge is 0.472 e. The van der Waals surface area contributed by atoms with Crippen molar-refractivity contribution in [3.8, 4) is 0 Å². The number of phosphoric ester groups is 2. The molecule has 0 aliphatic rings. The van der Waals surface area contributed by atoms with Crippen LogP contribution in [0, 0.1) is 5.92 Å². The van der Waals surface area contributed by atoms with E-state index in [1.807, 2.05) is 0 Å². The standard InChI is InChI=1S/C79H150O17P2/c1-6-9-12-15-18-21-24-27-29-30-32-34-39-44-49-54-59-64-78(83)95-74(69-90-77(82)63-58-53-48-43-38-33-31-28-25-22-19-16-13-10-7-2)70-93-97(85,86)91-66-73(80)67-92-98(87,88)94-71-75(68-89-76(81)62-57-52-47-42-37-26-23-20-17-14-11-8-3)96-79(84)65-60-55-50-45-40-35-36-41-46-51-56-61-72(4)5/h22,25,28,31,72-75,80H,6-21,23-24,26-27,29-30,32-71H2,1-5H3,(H,85,86)(H,87,88)/b25-22-,31-28-/t73-,74-,75-/m1/s1. The Kier molecular flexibility index (Phi) is 69.7. The Morgan fingerprint density at radius 1 is 0.316 bits per heavy atom. The van der Waals surface area contributed by atoms with Gasteiger partial charge >= 0.3 is 39.5 Å². The van der Waals surface area contributed by atoms with Crippen molar-refractivity contribution in [2.45, 2.75) is 412 Å². The molecule has 0 saturated heterocycles. The molecule has 0 aliphatic heterocycles. The molecule has 19 heteroatoms. The summed E-state index contributed by atoms with van der Waals surface area (Å²) in [7, 11) is -9.93. The summed E-state index contributed by atoms with van der Waals surface area (Å²) in [6.45, 7) is 7.25. The van der Waals surface area contributed by atoms with Crippen LogP contribution in [0.5, 0.6) is 0 Å². The highest BCUT2D eigenvalue weighted by Gasteiger charge is 2.30. The van der Waals surface area contributed by atoms with E-state index in [9.17, 15) is 43.2 Å². The van der Waals surface area contributed by atoms with Crippen molar-refractivity contribution in [2.75, 3.05) is 39.6 Å². The number of ether oxygens (including phenoxy) is 4. The van der Waals surface area contributed by atoms with Crippen molar-refractivity contribution in [3.05, 3.63) is 24.3 Å². The van der Waals surface area contributed by atoms with Crippen molar-refractivity contribution in [1.29, 1.82) is 0 Å². The summed E-state index contributed by atoms with van der Waals surface area (Å²) in [4.78, 5) is 72.9. The van der Waals surface area contributed by atoms with Crippen LogP contribution >= 0.6 is 15.6 Å². The Morgan fingerprint density at radius 3 is 0.837 bits per heavy atom. The third-order valence-electron chi connectivity index (χ3n) is 17.9. The Hall–Kier alpha value is -2.46. The van der Waals surface area contributed by atoms with Crippen LogP contribution in [0.1, 0.15) is 394 Å². The molecule has 0 rings (SSSR count). The van der Waals surface area contributed by atoms with E-state index >= 15 is 0 Å². The second-order valence-corrected chi connectivity index (χ2v) is 31.2. The molecular formula is C79H150O17P2. The zero-order valence-electron chi connectivity index (χ0n) is 63.4. The lowest BCUT2D eigenvalue weighted by atomic mass is 10.0. The maximum absolute atomic E-state index is 13.1. The van der Waals surface area contributed by atoms with Gasteiger partial charge in [0, 0.05) is 25.7 Å². The van der Waals surface area contributed by atoms with Crippen LogP contribution < -0.4 is 0 Å². The Balaban J connectivity index is 5.30. The summed E-state index contributed by atoms with van der Waals surface area (Å²) in [5.41, 5.74) is 0. The first-order chi connectivity index (χ1) is 47.5. The second-order valence-electron chi connectivity index (χ2n) is 28.2. The number of allylic oxidation sites excluding steroid dienone is 4. The topological polar surface area (TPSA) is 237 Å². The lowest BCUT2D eigenvalue weighted by molar-refractivity contribution is -0.161. The predicted octanol–water partition coefficient (Wildman–Crippen LogP) is 23.2. The molecule has 0 aromatic heterocycles. The number of aliphatic hydroxyl groups excluding tert-OH is 1. The summed E-state index contributed by atoms with van der Waals surface area (Å²) in [5.74, 6) is -1.37. The van der Waals surface area contributed by atoms with Gasteiger partial charge in [-0.15, -0.1) is 0 Å². The van der Waals surface area contributed by atoms with Gasteiger partial charge in [-0.3, -0.25) is 37.3 Å². The van der Waals surface area contributed by atoms with Gasteiger partial charge in [-0.2, -0.15) is 0 Å². The van der Waals surface area contributed by atoms with E-state index in [4.69, 9.17) is 37.0 Å². The molecule has 98 heavy (non-hydrogen) atoms. The van der Waals surface area contributed by atoms with Crippen molar-refractivity contribution in [3.63, 3.8) is 0 Å². The summed E-state index contributed by atoms with van der Waals surface area (Å²) < 4.78 is 68.6. The number of carbonyl (C=O) groups is 4. The van der Waals surface area contributed by atoms with E-state index in [-0.39, 0.29) is 25.7 Å². The van der Waals surface area contributed by atoms with Gasteiger partial charge in [-0.1, -0.05) is 341 Å². The van der Waals surface area contributed by atoms with Crippen molar-refractivity contribution >= 4 is 39.5 Å². The molecule has 0 fully saturated rings. The molecule has 5 atom stereocenters. The number of unbranched alkanes of at least 4 members (excludes halogenated alkanes) is 46. The minimum Gasteiger partial charge on any atom is -0.462 e. The van der Waals surface area contributed by atoms with Gasteiger partial charge in [0.15, 0.2) is 12.2 Å². The summed E-state index contributed by atoms with van der Waals surface area (Å²) in [6, 6.07) is 0. The lowest BCUT2D eigenvalue weighted by Crippen LogP contribution is -2.30. The molecule has 0 aromatic rings. The number of aliphatic hydroxyl groups is 1. The minimum absolute atomic E-state index is 0.102. The smallest absolute Gasteiger partial charge is 0.462 e. The van der Waals surface area contributed by atoms with Crippen LogP contribution in [0.4, 0.5) is 0 Å². The maximum atomic E-state index is 13.1. The van der Waals surface area contributed by atoms with Gasteiger partial charge in [0.25, 0.3) is 0 Å². The quantitative estimate of drug-likeness (QED) is 0.0169. The van der Waals surface area contributed by atoms with Gasteiger partial charge in [0.05, 0.1) is 26.4 Å². The highest BCUT2D eigenvalue weighted by atomic mass is 31.2. The van der Waals surface area contributed by atoms with Gasteiger partial charge in [0.1, 0.15) is 19.3 Å². The first-order valence-corrected chi connectivity index (χ1v) is 43.4. The average Bonchev–Trinajstić information content (AvgIpc) is 1.13. The fourth-order valence-electron chi connectivity index (χ4n) is 11.7. The van der Waals surface area contributed by atoms with Crippen LogP contribution in [0.2, 0.25) is 0 Å². The van der Waals surface area contributed by atoms with Crippen LogP contribution in [-0.4, -0.2) is 96.7 Å². The first-order valence-electron chi connectivity index (χ1n) is 40.5. The molecule has 17 nitrogen and oxygen atoms in total. The van der Waals surface area contributed by atoms with Gasteiger partial charge in [-0.05, 0) is 57.3 Å². The maximum Gasteiger partial charge on any atom is 0.472 e. The monoisotopic (exact) mass is 1430 g/mol. The van der Waals surface area contributed by atoms with Gasteiger partial charge < -0.3 is 33.8 Å². The fourth-order valence-corrected chi connectivity index (χ4v) is 13.3. The van der Waals surface area contributed by atoms with Crippen molar-refractivity contribution in [1.82, 2.24) is 0 Å². The molecule has 0 radical (unpaired) electrons. The Bertz CT molecular complexity index is 1970. The zero-order chi connectivity index (χ0) is 71.9. The predicted molar refractivity (Wildman–Crippen MR) is 400 cm³/mol. The molecule has 578 valence electrons. The molecular weight excluding hydrogens is 1280 g/mol. The zero-order valence-corrected chi connectivity index (χ0v) is 65.2. The average molecular weight is 1430 g/mol. The minimum atomic E-state index is -4.97. The number of carbonyl (C=O) groups excluding carboxylic acids is 4. The molecule has 0 heterocycles. The molecule has 3 N–H and O–H groups in total. The summed E-state index contributed by atoms with van der Waals surface area (Å²) in [5, 5.41) is 10.6. The number of rotatable bonds is 77. The SMILES string of the molecule is CCCCCC/C=C\C=C/CCCCCCCC(=O)OC[C@H](COP(=O)(O)OC[C@@H](O)COP(=O)(O)OC[C@@H](COC(=O)CCCCCCCCCCCCCC)OC(=O)CCCCCCCCCCCCCC(C)C)OC(=O)CCCCCCCCCCCCCCCCCCC. The number of hydrogen-bond acceptors (Lipinski definition) is 15. The van der Waals surface area contributed by atoms with Crippen LogP contribution in [0.25, 0.3) is 0 Å². The van der Waals surface area contributed by atoms with Gasteiger partial charge in [0.2, 0.25) is 0 Å². The highest BCUT2D eigenvalue weighted by molar-refractivity contribution is 7.47. The molecule has 0 aliphatic carbocycles. The van der Waals surface area contributed by atoms with E-state index < -0.39 is 97.5 Å². The van der Waals surface area contributed by atoms with Crippen molar-refractivity contribution in [2.24, 2.45) is 5.92 Å². The highest BCUT2D eigenvalue weighted by Crippen LogP contribution is 2.45. The Labute approximate surface area is 599 Å². The van der Waals surface area contributed by atoms with Crippen LogP contribution in [0.15, 0.2) is 24.3 Å². The Morgan fingerprint density at radius 2 is 0.551 bits per heavy atom. The van der Waals surface area contributed by atoms with E-state index in [0.29, 0.717) is 25.7 Å². The third-order valence-corrected chi connectivity index (χ3v) is 19.8. The molecule has 0 bridgehead atoms. The number of hydrogen-bond donors (Lipinski definition) is 3. The molecule has 0 spiro atoms. The summed E-state index contributed by atoms with van der Waals surface area (Å²) in [6.07, 6.45) is 64.5. The number of esters is 4. The number of phosphoric acid groups is 2. The molecule has 2 unspecified atom stereocenters. The molecule has 0 amide bonds. The third kappa shape index (κ3) is 71.9. The second kappa shape index (κ2) is 71.5. The van der Waals surface area contributed by atoms with Gasteiger partial charge in [-0.25, -0.2) is 9.13 Å². The van der Waals surface area contributed by atoms with Crippen LogP contribution in [0.3, 0.4) is 0 Å². The summed E-state index contributed by atoms with van der Waals surface area (Å²) >= 11 is 0. The van der Waals surface area contributed by atoms with E-state index in [1.54, 1.807) is 0 Å². The molecule has 0 aromatic carbocycles. The molecule has 0 saturated carbocycles. The van der Waals surface area contributed by atoms with E-state index in [0.717, 1.165) is 115 Å². The van der Waals surface area contributed by atoms with Crippen molar-refractivity contribution < 1.29 is 80.2 Å². The van der Waals surface area contributed by atoms with E-state index in [2.05, 4.69) is 58.9 Å². The lowest BCUT2D eigenvalue weighted by Gasteiger charge is -2.21. The first kappa shape index (κ1) is 95.5. The van der Waals surface area contributed by atoms with Crippen LogP contribution in [-0.2, 0) is 65.4 Å².